The number of nitrogens with zero attached hydrogens (tertiary/aromatic N) is 4. The zero-order valence-corrected chi connectivity index (χ0v) is 59.0. The number of carbonyl (C=O) groups excluding carboxylic acids is 5. The number of rotatable bonds is 12. The predicted molar refractivity (Wildman–Crippen MR) is 369 cm³/mol. The molecule has 8 aliphatic rings. The molecule has 2 aromatic carbocycles. The van der Waals surface area contributed by atoms with Gasteiger partial charge in [-0.3, -0.25) is 24.3 Å². The Balaban J connectivity index is 0.000000422. The first kappa shape index (κ1) is 80.2. The highest BCUT2D eigenvalue weighted by atomic mass is 79.9. The number of alkyl halides is 1. The Kier molecular flexibility index (Phi) is 39.2. The van der Waals surface area contributed by atoms with Crippen molar-refractivity contribution in [2.45, 2.75) is 176 Å². The molecule has 0 aromatic heterocycles. The second-order valence-corrected chi connectivity index (χ2v) is 25.0. The summed E-state index contributed by atoms with van der Waals surface area (Å²) in [6.45, 7) is 30.1. The molecule has 91 heavy (non-hydrogen) atoms. The van der Waals surface area contributed by atoms with Gasteiger partial charge in [0, 0.05) is 32.2 Å². The third-order valence-electron chi connectivity index (χ3n) is 15.1. The van der Waals surface area contributed by atoms with Crippen LogP contribution in [-0.2, 0) is 47.7 Å². The quantitative estimate of drug-likeness (QED) is 0.0655. The van der Waals surface area contributed by atoms with E-state index in [9.17, 15) is 24.0 Å². The molecule has 8 saturated heterocycles. The Bertz CT molecular complexity index is 3020. The number of carbonyl (C=O) groups is 5. The largest absolute Gasteiger partial charge is 0.466 e. The van der Waals surface area contributed by atoms with E-state index in [1.54, 1.807) is 27.7 Å². The summed E-state index contributed by atoms with van der Waals surface area (Å²) in [5.41, 5.74) is 1.25. The minimum absolute atomic E-state index is 0. The number of hydrogen-bond acceptors (Lipinski definition) is 13. The van der Waals surface area contributed by atoms with Crippen molar-refractivity contribution in [1.82, 2.24) is 14.7 Å². The molecule has 490 valence electrons. The minimum Gasteiger partial charge on any atom is -0.466 e. The number of likely N-dealkylation sites (tertiary alicyclic amines) is 2. The van der Waals surface area contributed by atoms with E-state index in [2.05, 4.69) is 143 Å². The molecule has 14 nitrogen and oxygen atoms in total. The van der Waals surface area contributed by atoms with Crippen molar-refractivity contribution < 1.29 is 52.1 Å². The SMILES string of the molecule is Br.C#CC.CC#CC#CC#CC#CC#CC#CC#CC.CC(C)(C)OC(=O)CBr.CC(C)(C)OC(=O)C[N+]12CCC(CC1)[C@@H](OC(=O)C(c1ccccc1)N1CCCCC1)C2.CCOC(C)=O.O=C(O[C@H]1CN2CCC1CC2)C(c1ccccc1)N1CCCCC1. The molecule has 0 radical (unpaired) electrons. The van der Waals surface area contributed by atoms with Crippen LogP contribution in [0.3, 0.4) is 0 Å². The maximum absolute atomic E-state index is 13.5. The summed E-state index contributed by atoms with van der Waals surface area (Å²) in [5.74, 6) is 38.0. The molecule has 0 saturated carbocycles. The van der Waals surface area contributed by atoms with Crippen LogP contribution >= 0.6 is 32.9 Å². The van der Waals surface area contributed by atoms with Crippen LogP contribution in [0.5, 0.6) is 0 Å². The summed E-state index contributed by atoms with van der Waals surface area (Å²) in [7, 11) is 0. The molecule has 8 aliphatic heterocycles. The van der Waals surface area contributed by atoms with Gasteiger partial charge in [0.15, 0.2) is 12.6 Å². The zero-order chi connectivity index (χ0) is 66.2. The van der Waals surface area contributed by atoms with Crippen LogP contribution in [0.25, 0.3) is 0 Å². The number of terminal acetylenes is 1. The molecule has 0 amide bonds. The van der Waals surface area contributed by atoms with E-state index in [1.807, 2.05) is 90.1 Å². The molecular formula is C75H97Br2N4O10+. The van der Waals surface area contributed by atoms with E-state index in [4.69, 9.17) is 18.9 Å². The highest BCUT2D eigenvalue weighted by Crippen LogP contribution is 2.38. The summed E-state index contributed by atoms with van der Waals surface area (Å²) < 4.78 is 27.9. The van der Waals surface area contributed by atoms with Gasteiger partial charge >= 0.3 is 29.8 Å². The summed E-state index contributed by atoms with van der Waals surface area (Å²) >= 11 is 2.99. The van der Waals surface area contributed by atoms with Crippen molar-refractivity contribution in [3.63, 3.8) is 0 Å². The van der Waals surface area contributed by atoms with E-state index in [0.717, 1.165) is 89.2 Å². The lowest BCUT2D eigenvalue weighted by molar-refractivity contribution is -0.939. The fourth-order valence-corrected chi connectivity index (χ4v) is 11.4. The van der Waals surface area contributed by atoms with Crippen LogP contribution in [0.1, 0.15) is 164 Å². The second-order valence-electron chi connectivity index (χ2n) is 24.4. The summed E-state index contributed by atoms with van der Waals surface area (Å²) in [4.78, 5) is 66.7. The van der Waals surface area contributed by atoms with Gasteiger partial charge in [-0.2, -0.15) is 0 Å². The number of fused-ring (bicyclic) bond motifs is 6. The lowest BCUT2D eigenvalue weighted by Crippen LogP contribution is -2.66. The molecule has 4 atom stereocenters. The monoisotopic (exact) mass is 1370 g/mol. The van der Waals surface area contributed by atoms with Gasteiger partial charge in [-0.25, -0.2) is 14.4 Å². The van der Waals surface area contributed by atoms with Gasteiger partial charge in [0.2, 0.25) is 0 Å². The normalized spacial score (nSPS) is 21.0. The number of benzene rings is 2. The number of halogens is 2. The number of hydrogen-bond donors (Lipinski definition) is 0. The Labute approximate surface area is 564 Å². The first-order valence-electron chi connectivity index (χ1n) is 31.5. The zero-order valence-electron chi connectivity index (χ0n) is 55.7. The van der Waals surface area contributed by atoms with Crippen molar-refractivity contribution in [3.8, 4) is 95.2 Å². The molecule has 2 aromatic rings. The Hall–Kier alpha value is -6.93. The van der Waals surface area contributed by atoms with Crippen LogP contribution in [0.15, 0.2) is 60.7 Å². The van der Waals surface area contributed by atoms with Crippen LogP contribution in [0, 0.1) is 107 Å². The maximum Gasteiger partial charge on any atom is 0.362 e. The van der Waals surface area contributed by atoms with E-state index in [-0.39, 0.29) is 82.1 Å². The van der Waals surface area contributed by atoms with Gasteiger partial charge in [-0.15, -0.1) is 29.3 Å². The smallest absolute Gasteiger partial charge is 0.362 e. The average molecular weight is 1370 g/mol. The number of quaternary nitrogens is 1. The summed E-state index contributed by atoms with van der Waals surface area (Å²) in [5, 5.41) is 0.268. The Morgan fingerprint density at radius 2 is 0.945 bits per heavy atom. The van der Waals surface area contributed by atoms with Crippen molar-refractivity contribution in [2.75, 3.05) is 83.9 Å². The van der Waals surface area contributed by atoms with E-state index in [0.29, 0.717) is 29.5 Å². The van der Waals surface area contributed by atoms with Crippen molar-refractivity contribution in [2.24, 2.45) is 11.8 Å². The van der Waals surface area contributed by atoms with Gasteiger partial charge in [0.1, 0.15) is 41.3 Å². The van der Waals surface area contributed by atoms with Gasteiger partial charge in [0.05, 0.1) is 19.7 Å². The number of ether oxygens (including phenoxy) is 5. The standard InChI is InChI=1S/C26H39N2O4.C20H28N2O2.C16H6.C6H11BrO2.C4H8O2.C3H4.BrH/c1-26(2,3)32-23(29)19-28-16-12-20(13-17-28)22(18-28)31-25(30)24(21-10-6-4-7-11-21)27-14-8-5-9-15-27;23-20(24-18-15-21-13-9-16(18)10-14-21)19(17-7-3-1-4-8-17)22-11-5-2-6-12-22;1-3-5-7-9-11-13-15-16-14-12-10-8-6-4-2;1-6(2,3)9-5(8)4-7;1-3-6-4(2)5;1-3-2;/h4,6-7,10-11,20,22,24H,5,8-9,12-19H2,1-3H3;1,3-4,7-8,16,18-19H,2,5-6,9-15H2;1-2H3;4H2,1-3H3;3H2,1-2H3;1H,2H3;1H/q+1;;;;;;/t20?,22-,24?,28?;18-,19?;;;;;/m00...../s1. The molecule has 4 bridgehead atoms. The van der Waals surface area contributed by atoms with Gasteiger partial charge in [-0.05, 0) is 235 Å². The second kappa shape index (κ2) is 44.5. The topological polar surface area (TPSA) is 141 Å². The lowest BCUT2D eigenvalue weighted by atomic mass is 9.83. The lowest BCUT2D eigenvalue weighted by Gasteiger charge is -2.51. The van der Waals surface area contributed by atoms with Gasteiger partial charge in [0.25, 0.3) is 0 Å². The van der Waals surface area contributed by atoms with Crippen molar-refractivity contribution >= 4 is 62.8 Å². The molecule has 0 N–H and O–H groups in total. The van der Waals surface area contributed by atoms with Gasteiger partial charge < -0.3 is 28.2 Å². The number of esters is 5. The van der Waals surface area contributed by atoms with Crippen LogP contribution < -0.4 is 0 Å². The molecule has 2 unspecified atom stereocenters. The fraction of sp³-hybridized carbons (Fsp3) is 0.560. The minimum atomic E-state index is -0.479. The Morgan fingerprint density at radius 3 is 1.26 bits per heavy atom. The molecule has 10 rings (SSSR count). The highest BCUT2D eigenvalue weighted by Gasteiger charge is 2.50. The molecule has 16 heteroatoms. The van der Waals surface area contributed by atoms with E-state index >= 15 is 0 Å². The summed E-state index contributed by atoms with van der Waals surface area (Å²) in [6.07, 6.45) is 16.0. The third-order valence-corrected chi connectivity index (χ3v) is 15.5. The summed E-state index contributed by atoms with van der Waals surface area (Å²) in [6, 6.07) is 19.7. The molecule has 0 spiro atoms. The van der Waals surface area contributed by atoms with Crippen molar-refractivity contribution in [1.29, 1.82) is 0 Å². The first-order valence-corrected chi connectivity index (χ1v) is 32.6. The van der Waals surface area contributed by atoms with E-state index in [1.165, 1.54) is 58.5 Å². The number of piperidine rings is 8. The van der Waals surface area contributed by atoms with E-state index < -0.39 is 5.60 Å². The van der Waals surface area contributed by atoms with Crippen LogP contribution in [0.4, 0.5) is 0 Å². The average Bonchev–Trinajstić information content (AvgIpc) is 1.27. The van der Waals surface area contributed by atoms with Crippen LogP contribution in [0.2, 0.25) is 0 Å². The van der Waals surface area contributed by atoms with Crippen molar-refractivity contribution in [3.05, 3.63) is 71.8 Å². The molecule has 8 heterocycles. The van der Waals surface area contributed by atoms with Crippen LogP contribution in [-0.4, -0.2) is 156 Å². The third kappa shape index (κ3) is 32.8. The molecule has 8 fully saturated rings. The predicted octanol–water partition coefficient (Wildman–Crippen LogP) is 11.1. The fourth-order valence-electron chi connectivity index (χ4n) is 11.3. The maximum atomic E-state index is 13.5. The highest BCUT2D eigenvalue weighted by molar-refractivity contribution is 9.09. The first-order chi connectivity index (χ1) is 43.1. The Morgan fingerprint density at radius 1 is 0.571 bits per heavy atom. The van der Waals surface area contributed by atoms with Gasteiger partial charge in [-0.1, -0.05) is 101 Å². The molecule has 0 aliphatic carbocycles. The molecular weight excluding hydrogens is 1280 g/mol.